The highest BCUT2D eigenvalue weighted by atomic mass is 35.5. The molecule has 0 aromatic heterocycles. The second kappa shape index (κ2) is 18.4. The number of halogens is 2. The SMILES string of the molecule is N=C(N)N(CCOCCN(C(=N)N)C(=O)C1C(N)=NC(N)=C(Cl)N1C(=O)OCc1ccccc1)C(=O)C1C(N)=NC(N)=C(Cl)N1C(=O)OCc1ccccc1. The molecule has 0 radical (unpaired) electrons. The summed E-state index contributed by atoms with van der Waals surface area (Å²) >= 11 is 12.6. The van der Waals surface area contributed by atoms with E-state index in [1.165, 1.54) is 0 Å². The zero-order valence-corrected chi connectivity index (χ0v) is 30.4. The number of carbonyl (C=O) groups is 4. The number of nitrogens with zero attached hydrogens (tertiary/aromatic N) is 6. The number of hydrogen-bond donors (Lipinski definition) is 8. The minimum atomic E-state index is -1.71. The first kappa shape index (κ1) is 41.2. The van der Waals surface area contributed by atoms with Gasteiger partial charge in [0.25, 0.3) is 11.8 Å². The largest absolute Gasteiger partial charge is 0.444 e. The van der Waals surface area contributed by atoms with Gasteiger partial charge in [-0.15, -0.1) is 0 Å². The first-order valence-corrected chi connectivity index (χ1v) is 16.8. The van der Waals surface area contributed by atoms with Crippen LogP contribution >= 0.6 is 23.2 Å². The predicted octanol–water partition coefficient (Wildman–Crippen LogP) is -0.148. The van der Waals surface area contributed by atoms with Crippen LogP contribution in [0, 0.1) is 10.8 Å². The molecule has 0 fully saturated rings. The van der Waals surface area contributed by atoms with Crippen LogP contribution in [0.1, 0.15) is 11.1 Å². The summed E-state index contributed by atoms with van der Waals surface area (Å²) in [6, 6.07) is 13.9. The summed E-state index contributed by atoms with van der Waals surface area (Å²) in [7, 11) is 0. The Morgan fingerprint density at radius 3 is 1.33 bits per heavy atom. The van der Waals surface area contributed by atoms with E-state index in [2.05, 4.69) is 9.98 Å². The van der Waals surface area contributed by atoms with Crippen LogP contribution in [0.5, 0.6) is 0 Å². The Balaban J connectivity index is 1.40. The highest BCUT2D eigenvalue weighted by Crippen LogP contribution is 2.26. The minimum absolute atomic E-state index is 0.184. The van der Waals surface area contributed by atoms with Crippen molar-refractivity contribution < 1.29 is 33.4 Å². The van der Waals surface area contributed by atoms with Crippen LogP contribution in [-0.4, -0.2) is 106 Å². The molecule has 55 heavy (non-hydrogen) atoms. The smallest absolute Gasteiger partial charge is 0.416 e. The monoisotopic (exact) mass is 800 g/mol. The summed E-state index contributed by atoms with van der Waals surface area (Å²) in [4.78, 5) is 64.4. The maximum absolute atomic E-state index is 13.7. The lowest BCUT2D eigenvalue weighted by atomic mass is 10.1. The van der Waals surface area contributed by atoms with Crippen molar-refractivity contribution in [3.63, 3.8) is 0 Å². The van der Waals surface area contributed by atoms with E-state index >= 15 is 0 Å². The van der Waals surface area contributed by atoms with Crippen molar-refractivity contribution >= 4 is 70.8 Å². The molecule has 2 aliphatic rings. The van der Waals surface area contributed by atoms with E-state index in [-0.39, 0.29) is 51.2 Å². The average Bonchev–Trinajstić information content (AvgIpc) is 3.15. The summed E-state index contributed by atoms with van der Waals surface area (Å²) in [6.07, 6.45) is -2.18. The van der Waals surface area contributed by atoms with Gasteiger partial charge in [0.05, 0.1) is 26.3 Å². The third-order valence-corrected chi connectivity index (χ3v) is 8.48. The van der Waals surface area contributed by atoms with E-state index in [1.54, 1.807) is 60.7 Å². The van der Waals surface area contributed by atoms with Crippen LogP contribution in [0.2, 0.25) is 0 Å². The van der Waals surface area contributed by atoms with Crippen molar-refractivity contribution in [3.05, 3.63) is 93.7 Å². The number of benzene rings is 2. The second-order valence-electron chi connectivity index (χ2n) is 11.4. The molecule has 0 spiro atoms. The van der Waals surface area contributed by atoms with Gasteiger partial charge in [0, 0.05) is 0 Å². The number of carbonyl (C=O) groups excluding carboxylic acids is 4. The third-order valence-electron chi connectivity index (χ3n) is 7.73. The number of rotatable bonds is 12. The fourth-order valence-electron chi connectivity index (χ4n) is 5.06. The molecule has 2 unspecified atom stereocenters. The standard InChI is InChI=1S/C32H38Cl2N14O7/c33-21-25(37)43-23(35)19(47(21)31(51)54-15-17-7-3-1-4-8-17)27(49)45(29(39)40)11-13-53-14-12-46(30(41)42)28(50)20-24(36)44-26(38)22(34)48(20)32(52)55-16-18-9-5-2-6-10-18/h1-10,19-20H,11-16,37-38H2,(H2,35,43)(H2,36,44)(H3,39,40)(H3,41,42). The number of aliphatic imine (C=N–C) groups is 2. The maximum Gasteiger partial charge on any atom is 0.416 e. The van der Waals surface area contributed by atoms with E-state index < -0.39 is 70.0 Å². The number of nitrogens with one attached hydrogen (secondary N) is 2. The van der Waals surface area contributed by atoms with Crippen molar-refractivity contribution in [1.82, 2.24) is 19.6 Å². The van der Waals surface area contributed by atoms with Crippen LogP contribution in [0.15, 0.2) is 92.6 Å². The van der Waals surface area contributed by atoms with Crippen molar-refractivity contribution in [2.45, 2.75) is 25.3 Å². The molecule has 2 aliphatic heterocycles. The molecule has 14 N–H and O–H groups in total. The molecule has 21 nitrogen and oxygen atoms in total. The Labute approximate surface area is 323 Å². The molecule has 2 atom stereocenters. The lowest BCUT2D eigenvalue weighted by molar-refractivity contribution is -0.130. The summed E-state index contributed by atoms with van der Waals surface area (Å²) in [5.41, 5.74) is 36.4. The lowest BCUT2D eigenvalue weighted by Crippen LogP contribution is -2.60. The molecule has 4 rings (SSSR count). The predicted molar refractivity (Wildman–Crippen MR) is 200 cm³/mol. The number of hydrogen-bond acceptors (Lipinski definition) is 15. The van der Waals surface area contributed by atoms with Gasteiger partial charge in [-0.2, -0.15) is 0 Å². The summed E-state index contributed by atoms with van der Waals surface area (Å²) < 4.78 is 16.3. The molecule has 292 valence electrons. The number of ether oxygens (including phenoxy) is 3. The Kier molecular flexibility index (Phi) is 13.8. The van der Waals surface area contributed by atoms with E-state index in [0.29, 0.717) is 20.9 Å². The molecule has 0 bridgehead atoms. The Bertz CT molecular complexity index is 1810. The van der Waals surface area contributed by atoms with Gasteiger partial charge < -0.3 is 48.6 Å². The van der Waals surface area contributed by atoms with Gasteiger partial charge in [0.2, 0.25) is 0 Å². The van der Waals surface area contributed by atoms with E-state index in [4.69, 9.17) is 82.6 Å². The van der Waals surface area contributed by atoms with Crippen LogP contribution in [-0.2, 0) is 37.0 Å². The van der Waals surface area contributed by atoms with Crippen molar-refractivity contribution in [2.24, 2.45) is 44.4 Å². The summed E-state index contributed by atoms with van der Waals surface area (Å²) in [5.74, 6) is -5.12. The zero-order chi connectivity index (χ0) is 40.4. The van der Waals surface area contributed by atoms with Gasteiger partial charge in [0.15, 0.2) is 46.0 Å². The van der Waals surface area contributed by atoms with E-state index in [9.17, 15) is 19.2 Å². The molecule has 0 aliphatic carbocycles. The highest BCUT2D eigenvalue weighted by molar-refractivity contribution is 6.32. The van der Waals surface area contributed by atoms with Crippen LogP contribution in [0.4, 0.5) is 9.59 Å². The number of amides is 4. The van der Waals surface area contributed by atoms with Gasteiger partial charge in [-0.1, -0.05) is 83.9 Å². The summed E-state index contributed by atoms with van der Waals surface area (Å²) in [6.45, 7) is -1.74. The Morgan fingerprint density at radius 1 is 0.655 bits per heavy atom. The molecular weight excluding hydrogens is 763 g/mol. The maximum atomic E-state index is 13.7. The molecule has 23 heteroatoms. The molecular formula is C32H38Cl2N14O7. The molecule has 2 heterocycles. The van der Waals surface area contributed by atoms with Crippen LogP contribution in [0.25, 0.3) is 0 Å². The molecule has 2 aromatic carbocycles. The Morgan fingerprint density at radius 2 is 1.00 bits per heavy atom. The van der Waals surface area contributed by atoms with Gasteiger partial charge in [-0.05, 0) is 11.1 Å². The van der Waals surface area contributed by atoms with Gasteiger partial charge in [-0.25, -0.2) is 29.4 Å². The van der Waals surface area contributed by atoms with E-state index in [0.717, 1.165) is 9.80 Å². The van der Waals surface area contributed by atoms with E-state index in [1.807, 2.05) is 0 Å². The summed E-state index contributed by atoms with van der Waals surface area (Å²) in [5, 5.41) is 15.2. The topological polar surface area (TPSA) is 337 Å². The van der Waals surface area contributed by atoms with Gasteiger partial charge in [0.1, 0.15) is 24.9 Å². The average molecular weight is 802 g/mol. The number of nitrogens with two attached hydrogens (primary N) is 6. The minimum Gasteiger partial charge on any atom is -0.444 e. The van der Waals surface area contributed by atoms with Gasteiger partial charge >= 0.3 is 12.2 Å². The van der Waals surface area contributed by atoms with Crippen LogP contribution < -0.4 is 34.4 Å². The number of amidine groups is 2. The highest BCUT2D eigenvalue weighted by Gasteiger charge is 2.44. The first-order chi connectivity index (χ1) is 26.1. The fourth-order valence-corrected chi connectivity index (χ4v) is 5.48. The van der Waals surface area contributed by atoms with Crippen molar-refractivity contribution in [2.75, 3.05) is 26.3 Å². The fraction of sp³-hybridized carbons (Fsp3) is 0.250. The Hall–Kier alpha value is -6.58. The third kappa shape index (κ3) is 9.90. The number of guanidine groups is 2. The van der Waals surface area contributed by atoms with Crippen molar-refractivity contribution in [1.29, 1.82) is 10.8 Å². The van der Waals surface area contributed by atoms with Crippen molar-refractivity contribution in [3.8, 4) is 0 Å². The quantitative estimate of drug-likeness (QED) is 0.0600. The molecule has 0 saturated carbocycles. The zero-order valence-electron chi connectivity index (χ0n) is 28.9. The molecule has 2 aromatic rings. The molecule has 4 amide bonds. The lowest BCUT2D eigenvalue weighted by Gasteiger charge is -2.35. The van der Waals surface area contributed by atoms with Gasteiger partial charge in [-0.3, -0.25) is 30.2 Å². The molecule has 0 saturated heterocycles. The normalized spacial score (nSPS) is 16.8. The first-order valence-electron chi connectivity index (χ1n) is 16.0. The van der Waals surface area contributed by atoms with Crippen LogP contribution in [0.3, 0.4) is 0 Å². The second-order valence-corrected chi connectivity index (χ2v) is 12.1.